The second-order valence-corrected chi connectivity index (χ2v) is 6.35. The van der Waals surface area contributed by atoms with E-state index in [4.69, 9.17) is 4.42 Å². The Bertz CT molecular complexity index is 1160. The Labute approximate surface area is 162 Å². The average Bonchev–Trinajstić information content (AvgIpc) is 3.08. The Morgan fingerprint density at radius 3 is 2.29 bits per heavy atom. The monoisotopic (exact) mass is 370 g/mol. The number of Topliss-reactive ketones (excluding diaryl/α,β-unsaturated/α-hetero) is 1. The Morgan fingerprint density at radius 1 is 0.821 bits per heavy atom. The van der Waals surface area contributed by atoms with Gasteiger partial charge in [0.25, 0.3) is 5.91 Å². The molecule has 5 nitrogen and oxygen atoms in total. The summed E-state index contributed by atoms with van der Waals surface area (Å²) in [6.07, 6.45) is 0. The van der Waals surface area contributed by atoms with E-state index in [1.165, 1.54) is 6.92 Å². The number of furan rings is 1. The first kappa shape index (κ1) is 17.5. The summed E-state index contributed by atoms with van der Waals surface area (Å²) < 4.78 is 5.85. The highest BCUT2D eigenvalue weighted by atomic mass is 16.3. The molecule has 1 aromatic heterocycles. The molecule has 0 fully saturated rings. The van der Waals surface area contributed by atoms with Gasteiger partial charge in [-0.2, -0.15) is 0 Å². The molecule has 0 unspecified atom stereocenters. The molecule has 0 aliphatic heterocycles. The minimum Gasteiger partial charge on any atom is -0.449 e. The van der Waals surface area contributed by atoms with Crippen molar-refractivity contribution in [3.8, 4) is 0 Å². The number of rotatable bonds is 5. The molecule has 0 aliphatic carbocycles. The van der Waals surface area contributed by atoms with Crippen molar-refractivity contribution in [2.45, 2.75) is 6.92 Å². The lowest BCUT2D eigenvalue weighted by molar-refractivity contribution is 0.1000. The van der Waals surface area contributed by atoms with Gasteiger partial charge in [-0.1, -0.05) is 42.5 Å². The van der Waals surface area contributed by atoms with Crippen molar-refractivity contribution in [3.05, 3.63) is 90.2 Å². The van der Waals surface area contributed by atoms with Gasteiger partial charge in [-0.15, -0.1) is 0 Å². The van der Waals surface area contributed by atoms with Gasteiger partial charge in [0.1, 0.15) is 5.58 Å². The van der Waals surface area contributed by atoms with E-state index in [0.29, 0.717) is 22.5 Å². The van der Waals surface area contributed by atoms with Crippen molar-refractivity contribution in [1.82, 2.24) is 0 Å². The Hall–Kier alpha value is -3.86. The van der Waals surface area contributed by atoms with E-state index in [-0.39, 0.29) is 11.5 Å². The summed E-state index contributed by atoms with van der Waals surface area (Å²) in [7, 11) is 0. The van der Waals surface area contributed by atoms with Crippen molar-refractivity contribution in [2.75, 3.05) is 10.6 Å². The summed E-state index contributed by atoms with van der Waals surface area (Å²) in [5.41, 5.74) is 2.92. The molecular weight excluding hydrogens is 352 g/mol. The number of nitrogens with one attached hydrogen (secondary N) is 2. The normalized spacial score (nSPS) is 10.6. The second-order valence-electron chi connectivity index (χ2n) is 6.35. The Balaban J connectivity index is 1.75. The summed E-state index contributed by atoms with van der Waals surface area (Å²) in [4.78, 5) is 24.9. The molecule has 0 saturated heterocycles. The van der Waals surface area contributed by atoms with Crippen LogP contribution in [0.3, 0.4) is 0 Å². The number of benzene rings is 3. The number of hydrogen-bond donors (Lipinski definition) is 2. The number of para-hydroxylation sites is 3. The smallest absolute Gasteiger partial charge is 0.293 e. The third-order valence-corrected chi connectivity index (χ3v) is 4.40. The predicted octanol–water partition coefficient (Wildman–Crippen LogP) is 5.63. The quantitative estimate of drug-likeness (QED) is 0.447. The third-order valence-electron chi connectivity index (χ3n) is 4.40. The van der Waals surface area contributed by atoms with Gasteiger partial charge in [0.15, 0.2) is 5.78 Å². The van der Waals surface area contributed by atoms with Crippen LogP contribution in [-0.4, -0.2) is 11.7 Å². The van der Waals surface area contributed by atoms with Crippen LogP contribution in [0.5, 0.6) is 0 Å². The summed E-state index contributed by atoms with van der Waals surface area (Å²) in [6.45, 7) is 1.47. The van der Waals surface area contributed by atoms with Gasteiger partial charge in [0.2, 0.25) is 5.76 Å². The first-order valence-corrected chi connectivity index (χ1v) is 8.88. The standard InChI is InChI=1S/C23H18N2O3/c1-15(26)17-11-5-7-13-19(17)25-23(27)22-21(24-16-9-3-2-4-10-16)18-12-6-8-14-20(18)28-22/h2-14,24H,1H3,(H,25,27). The molecule has 0 atom stereocenters. The summed E-state index contributed by atoms with van der Waals surface area (Å²) in [5.74, 6) is -0.394. The van der Waals surface area contributed by atoms with Crippen molar-refractivity contribution in [2.24, 2.45) is 0 Å². The summed E-state index contributed by atoms with van der Waals surface area (Å²) >= 11 is 0. The minimum absolute atomic E-state index is 0.122. The van der Waals surface area contributed by atoms with E-state index in [9.17, 15) is 9.59 Å². The highest BCUT2D eigenvalue weighted by Gasteiger charge is 2.22. The van der Waals surface area contributed by atoms with Gasteiger partial charge in [-0.3, -0.25) is 9.59 Å². The molecule has 28 heavy (non-hydrogen) atoms. The Morgan fingerprint density at radius 2 is 1.50 bits per heavy atom. The van der Waals surface area contributed by atoms with Gasteiger partial charge in [0, 0.05) is 16.6 Å². The molecule has 0 saturated carbocycles. The maximum atomic E-state index is 13.0. The number of carbonyl (C=O) groups excluding carboxylic acids is 2. The van der Waals surface area contributed by atoms with Gasteiger partial charge >= 0.3 is 0 Å². The molecule has 4 rings (SSSR count). The van der Waals surface area contributed by atoms with Crippen LogP contribution in [0.1, 0.15) is 27.8 Å². The first-order valence-electron chi connectivity index (χ1n) is 8.88. The zero-order chi connectivity index (χ0) is 19.5. The van der Waals surface area contributed by atoms with E-state index >= 15 is 0 Å². The van der Waals surface area contributed by atoms with E-state index in [2.05, 4.69) is 10.6 Å². The highest BCUT2D eigenvalue weighted by Crippen LogP contribution is 2.34. The molecule has 1 heterocycles. The largest absolute Gasteiger partial charge is 0.449 e. The highest BCUT2D eigenvalue weighted by molar-refractivity contribution is 6.14. The van der Waals surface area contributed by atoms with E-state index < -0.39 is 5.91 Å². The first-order chi connectivity index (χ1) is 13.6. The number of anilines is 3. The van der Waals surface area contributed by atoms with E-state index in [1.54, 1.807) is 24.3 Å². The fraction of sp³-hybridized carbons (Fsp3) is 0.0435. The number of ketones is 1. The van der Waals surface area contributed by atoms with Gasteiger partial charge < -0.3 is 15.1 Å². The zero-order valence-corrected chi connectivity index (χ0v) is 15.2. The van der Waals surface area contributed by atoms with E-state index in [0.717, 1.165) is 11.1 Å². The molecular formula is C23H18N2O3. The molecule has 0 bridgehead atoms. The fourth-order valence-corrected chi connectivity index (χ4v) is 3.07. The average molecular weight is 370 g/mol. The van der Waals surface area contributed by atoms with Crippen LogP contribution in [0, 0.1) is 0 Å². The summed E-state index contributed by atoms with van der Waals surface area (Å²) in [5, 5.41) is 6.88. The molecule has 2 N–H and O–H groups in total. The van der Waals surface area contributed by atoms with Crippen molar-refractivity contribution in [1.29, 1.82) is 0 Å². The third kappa shape index (κ3) is 3.38. The van der Waals surface area contributed by atoms with Crippen LogP contribution < -0.4 is 10.6 Å². The molecule has 0 radical (unpaired) electrons. The molecule has 5 heteroatoms. The molecule has 3 aromatic carbocycles. The van der Waals surface area contributed by atoms with Crippen LogP contribution in [0.4, 0.5) is 17.1 Å². The van der Waals surface area contributed by atoms with Crippen LogP contribution >= 0.6 is 0 Å². The molecule has 4 aromatic rings. The van der Waals surface area contributed by atoms with Crippen LogP contribution in [0.25, 0.3) is 11.0 Å². The van der Waals surface area contributed by atoms with Crippen LogP contribution in [0.15, 0.2) is 83.3 Å². The number of hydrogen-bond acceptors (Lipinski definition) is 4. The van der Waals surface area contributed by atoms with Gasteiger partial charge in [-0.25, -0.2) is 0 Å². The lowest BCUT2D eigenvalue weighted by atomic mass is 10.1. The predicted molar refractivity (Wildman–Crippen MR) is 110 cm³/mol. The SMILES string of the molecule is CC(=O)c1ccccc1NC(=O)c1oc2ccccc2c1Nc1ccccc1. The van der Waals surface area contributed by atoms with Crippen molar-refractivity contribution in [3.63, 3.8) is 0 Å². The Kier molecular flexibility index (Phi) is 4.64. The van der Waals surface area contributed by atoms with Crippen LogP contribution in [-0.2, 0) is 0 Å². The minimum atomic E-state index is -0.427. The second kappa shape index (κ2) is 7.40. The maximum absolute atomic E-state index is 13.0. The number of fused-ring (bicyclic) bond motifs is 1. The molecule has 138 valence electrons. The lowest BCUT2D eigenvalue weighted by Crippen LogP contribution is -2.14. The van der Waals surface area contributed by atoms with Crippen LogP contribution in [0.2, 0.25) is 0 Å². The molecule has 0 spiro atoms. The summed E-state index contributed by atoms with van der Waals surface area (Å²) in [6, 6.07) is 23.9. The van der Waals surface area contributed by atoms with Gasteiger partial charge in [-0.05, 0) is 43.3 Å². The maximum Gasteiger partial charge on any atom is 0.293 e. The topological polar surface area (TPSA) is 71.3 Å². The van der Waals surface area contributed by atoms with E-state index in [1.807, 2.05) is 54.6 Å². The van der Waals surface area contributed by atoms with Crippen molar-refractivity contribution < 1.29 is 14.0 Å². The van der Waals surface area contributed by atoms with Crippen molar-refractivity contribution >= 4 is 39.7 Å². The molecule has 1 amide bonds. The number of amides is 1. The fourth-order valence-electron chi connectivity index (χ4n) is 3.07. The zero-order valence-electron chi connectivity index (χ0n) is 15.2. The van der Waals surface area contributed by atoms with Gasteiger partial charge in [0.05, 0.1) is 11.4 Å². The number of carbonyl (C=O) groups is 2. The molecule has 0 aliphatic rings. The lowest BCUT2D eigenvalue weighted by Gasteiger charge is -2.10.